The van der Waals surface area contributed by atoms with Gasteiger partial charge in [-0.15, -0.1) is 0 Å². The highest BCUT2D eigenvalue weighted by molar-refractivity contribution is 5.96. The predicted octanol–water partition coefficient (Wildman–Crippen LogP) is 0.0718. The second-order valence-corrected chi connectivity index (χ2v) is 2.37. The smallest absolute Gasteiger partial charge is 0.313 e. The third kappa shape index (κ3) is 5.84. The van der Waals surface area contributed by atoms with Gasteiger partial charge in [0, 0.05) is 6.42 Å². The van der Waals surface area contributed by atoms with Gasteiger partial charge in [0.05, 0.1) is 20.6 Å². The lowest BCUT2D eigenvalue weighted by Crippen LogP contribution is -2.11. The lowest BCUT2D eigenvalue weighted by Gasteiger charge is -1.98. The van der Waals surface area contributed by atoms with Crippen molar-refractivity contribution in [3.63, 3.8) is 0 Å². The average Bonchev–Trinajstić information content (AvgIpc) is 2.13. The molecule has 0 atom stereocenters. The first kappa shape index (κ1) is 11.6. The van der Waals surface area contributed by atoms with Crippen LogP contribution in [0.15, 0.2) is 0 Å². The highest BCUT2D eigenvalue weighted by Crippen LogP contribution is 1.97. The number of carbonyl (C=O) groups excluding carboxylic acids is 3. The number of esters is 2. The molecule has 0 rings (SSSR count). The van der Waals surface area contributed by atoms with Crippen molar-refractivity contribution in [2.24, 2.45) is 0 Å². The Hall–Kier alpha value is -1.39. The van der Waals surface area contributed by atoms with Crippen molar-refractivity contribution >= 4 is 17.7 Å². The van der Waals surface area contributed by atoms with Crippen LogP contribution >= 0.6 is 0 Å². The van der Waals surface area contributed by atoms with Crippen LogP contribution in [-0.2, 0) is 23.9 Å². The number of rotatable bonds is 5. The summed E-state index contributed by atoms with van der Waals surface area (Å²) in [7, 11) is 2.45. The van der Waals surface area contributed by atoms with Crippen LogP contribution in [0, 0.1) is 0 Å². The molecule has 0 aromatic rings. The van der Waals surface area contributed by atoms with Gasteiger partial charge in [-0.2, -0.15) is 0 Å². The lowest BCUT2D eigenvalue weighted by atomic mass is 10.2. The van der Waals surface area contributed by atoms with E-state index in [1.807, 2.05) is 0 Å². The van der Waals surface area contributed by atoms with E-state index >= 15 is 0 Å². The molecule has 0 bridgehead atoms. The zero-order valence-electron chi connectivity index (χ0n) is 7.66. The number of Topliss-reactive ketones (excluding diaryl/α,β-unsaturated/α-hetero) is 1. The molecular weight excluding hydrogens is 176 g/mol. The first-order valence-electron chi connectivity index (χ1n) is 3.75. The summed E-state index contributed by atoms with van der Waals surface area (Å²) < 4.78 is 8.60. The summed E-state index contributed by atoms with van der Waals surface area (Å²) in [6.45, 7) is 0. The number of ether oxygens (including phenoxy) is 2. The average molecular weight is 188 g/mol. The fraction of sp³-hybridized carbons (Fsp3) is 0.625. The molecule has 0 N–H and O–H groups in total. The van der Waals surface area contributed by atoms with E-state index in [2.05, 4.69) is 9.47 Å². The Morgan fingerprint density at radius 2 is 1.46 bits per heavy atom. The fourth-order valence-electron chi connectivity index (χ4n) is 0.665. The summed E-state index contributed by atoms with van der Waals surface area (Å²) in [6, 6.07) is 0. The summed E-state index contributed by atoms with van der Waals surface area (Å²) in [5.41, 5.74) is 0. The zero-order chi connectivity index (χ0) is 10.3. The first-order chi connectivity index (χ1) is 6.10. The Morgan fingerprint density at radius 1 is 0.923 bits per heavy atom. The van der Waals surface area contributed by atoms with Gasteiger partial charge in [-0.25, -0.2) is 0 Å². The van der Waals surface area contributed by atoms with Gasteiger partial charge in [-0.05, 0) is 0 Å². The molecule has 0 spiro atoms. The van der Waals surface area contributed by atoms with Gasteiger partial charge in [0.2, 0.25) is 0 Å². The molecule has 0 aliphatic rings. The van der Waals surface area contributed by atoms with E-state index in [0.29, 0.717) is 0 Å². The molecule has 13 heavy (non-hydrogen) atoms. The topological polar surface area (TPSA) is 69.7 Å². The normalized spacial score (nSPS) is 9.08. The predicted molar refractivity (Wildman–Crippen MR) is 42.9 cm³/mol. The molecule has 0 aliphatic heterocycles. The molecule has 0 unspecified atom stereocenters. The van der Waals surface area contributed by atoms with Crippen molar-refractivity contribution in [2.45, 2.75) is 19.3 Å². The molecule has 0 saturated carbocycles. The van der Waals surface area contributed by atoms with Gasteiger partial charge in [0.1, 0.15) is 12.2 Å². The summed E-state index contributed by atoms with van der Waals surface area (Å²) in [6.07, 6.45) is -0.262. The third-order valence-electron chi connectivity index (χ3n) is 1.40. The Labute approximate surface area is 76.0 Å². The van der Waals surface area contributed by atoms with Crippen LogP contribution in [0.4, 0.5) is 0 Å². The van der Waals surface area contributed by atoms with Crippen LogP contribution < -0.4 is 0 Å². The minimum absolute atomic E-state index is 0.00628. The molecule has 0 aliphatic carbocycles. The molecule has 5 heteroatoms. The first-order valence-corrected chi connectivity index (χ1v) is 3.75. The van der Waals surface area contributed by atoms with Crippen LogP contribution in [0.5, 0.6) is 0 Å². The number of hydrogen-bond donors (Lipinski definition) is 0. The SMILES string of the molecule is COC(=O)CCC(=O)CC(=O)OC. The maximum absolute atomic E-state index is 10.9. The Balaban J connectivity index is 3.63. The molecule has 5 nitrogen and oxygen atoms in total. The van der Waals surface area contributed by atoms with Crippen molar-refractivity contribution in [3.05, 3.63) is 0 Å². The van der Waals surface area contributed by atoms with Crippen LogP contribution in [0.25, 0.3) is 0 Å². The van der Waals surface area contributed by atoms with Crippen LogP contribution in [0.1, 0.15) is 19.3 Å². The second kappa shape index (κ2) is 6.16. The minimum atomic E-state index is -0.588. The molecular formula is C8H12O5. The van der Waals surface area contributed by atoms with Gasteiger partial charge in [-0.3, -0.25) is 14.4 Å². The maximum atomic E-state index is 10.9. The fourth-order valence-corrected chi connectivity index (χ4v) is 0.665. The molecule has 0 aromatic carbocycles. The van der Waals surface area contributed by atoms with E-state index in [4.69, 9.17) is 0 Å². The Kier molecular flexibility index (Phi) is 5.50. The molecule has 0 amide bonds. The van der Waals surface area contributed by atoms with Crippen LogP contribution in [-0.4, -0.2) is 31.9 Å². The summed E-state index contributed by atoms with van der Waals surface area (Å²) >= 11 is 0. The van der Waals surface area contributed by atoms with Crippen LogP contribution in [0.2, 0.25) is 0 Å². The van der Waals surface area contributed by atoms with E-state index in [9.17, 15) is 14.4 Å². The van der Waals surface area contributed by atoms with E-state index < -0.39 is 11.9 Å². The number of ketones is 1. The monoisotopic (exact) mass is 188 g/mol. The van der Waals surface area contributed by atoms with Crippen molar-refractivity contribution in [3.8, 4) is 0 Å². The highest BCUT2D eigenvalue weighted by Gasteiger charge is 2.11. The summed E-state index contributed by atoms with van der Waals surface area (Å²) in [5, 5.41) is 0. The lowest BCUT2D eigenvalue weighted by molar-refractivity contribution is -0.145. The molecule has 0 aromatic heterocycles. The Bertz CT molecular complexity index is 209. The van der Waals surface area contributed by atoms with Crippen LogP contribution in [0.3, 0.4) is 0 Å². The minimum Gasteiger partial charge on any atom is -0.469 e. The summed E-state index contributed by atoms with van der Waals surface area (Å²) in [5.74, 6) is -1.37. The molecule has 74 valence electrons. The number of carbonyl (C=O) groups is 3. The van der Waals surface area contributed by atoms with Crippen molar-refractivity contribution in [1.29, 1.82) is 0 Å². The van der Waals surface area contributed by atoms with Gasteiger partial charge >= 0.3 is 11.9 Å². The van der Waals surface area contributed by atoms with Crippen molar-refractivity contribution in [2.75, 3.05) is 14.2 Å². The number of hydrogen-bond acceptors (Lipinski definition) is 5. The van der Waals surface area contributed by atoms with Gasteiger partial charge in [0.25, 0.3) is 0 Å². The maximum Gasteiger partial charge on any atom is 0.313 e. The Morgan fingerprint density at radius 3 is 1.92 bits per heavy atom. The molecule has 0 fully saturated rings. The highest BCUT2D eigenvalue weighted by atomic mass is 16.5. The quantitative estimate of drug-likeness (QED) is 0.451. The molecule has 0 radical (unpaired) electrons. The van der Waals surface area contributed by atoms with E-state index in [-0.39, 0.29) is 25.0 Å². The van der Waals surface area contributed by atoms with Gasteiger partial charge in [0.15, 0.2) is 0 Å². The van der Waals surface area contributed by atoms with E-state index in [1.54, 1.807) is 0 Å². The largest absolute Gasteiger partial charge is 0.469 e. The second-order valence-electron chi connectivity index (χ2n) is 2.37. The standard InChI is InChI=1S/C8H12O5/c1-12-7(10)4-3-6(9)5-8(11)13-2/h3-5H2,1-2H3. The molecule has 0 saturated heterocycles. The number of methoxy groups -OCH3 is 2. The third-order valence-corrected chi connectivity index (χ3v) is 1.40. The molecule has 0 heterocycles. The summed E-state index contributed by atoms with van der Waals surface area (Å²) in [4.78, 5) is 32.1. The van der Waals surface area contributed by atoms with E-state index in [1.165, 1.54) is 14.2 Å². The van der Waals surface area contributed by atoms with Gasteiger partial charge < -0.3 is 9.47 Å². The van der Waals surface area contributed by atoms with Gasteiger partial charge in [-0.1, -0.05) is 0 Å². The zero-order valence-corrected chi connectivity index (χ0v) is 7.66. The van der Waals surface area contributed by atoms with Crippen molar-refractivity contribution in [1.82, 2.24) is 0 Å². The van der Waals surface area contributed by atoms with E-state index in [0.717, 1.165) is 0 Å². The van der Waals surface area contributed by atoms with Crippen molar-refractivity contribution < 1.29 is 23.9 Å².